The molecule has 1 fully saturated rings. The van der Waals surface area contributed by atoms with E-state index in [4.69, 9.17) is 9.47 Å². The lowest BCUT2D eigenvalue weighted by molar-refractivity contribution is -0.117. The van der Waals surface area contributed by atoms with Crippen LogP contribution in [0.25, 0.3) is 0 Å². The summed E-state index contributed by atoms with van der Waals surface area (Å²) in [6.07, 6.45) is 1.58. The Hall–Kier alpha value is -3.07. The van der Waals surface area contributed by atoms with Gasteiger partial charge in [-0.1, -0.05) is 0 Å². The SMILES string of the molecule is COc1ccc(CN2CC(=O)N(C)c3c(N4CCNCC4)ncnc32)c(OC)c1. The van der Waals surface area contributed by atoms with Gasteiger partial charge in [-0.15, -0.1) is 0 Å². The Labute approximate surface area is 170 Å². The van der Waals surface area contributed by atoms with Gasteiger partial charge < -0.3 is 29.5 Å². The summed E-state index contributed by atoms with van der Waals surface area (Å²) in [5.74, 6) is 3.01. The van der Waals surface area contributed by atoms with Crippen LogP contribution < -0.4 is 29.5 Å². The molecule has 1 amide bonds. The number of aromatic nitrogens is 2. The first-order valence-electron chi connectivity index (χ1n) is 9.65. The number of likely N-dealkylation sites (N-methyl/N-ethyl adjacent to an activating group) is 1. The van der Waals surface area contributed by atoms with Gasteiger partial charge in [-0.25, -0.2) is 9.97 Å². The fraction of sp³-hybridized carbons (Fsp3) is 0.450. The summed E-state index contributed by atoms with van der Waals surface area (Å²) in [6, 6.07) is 5.70. The van der Waals surface area contributed by atoms with Gasteiger partial charge in [0.15, 0.2) is 11.6 Å². The van der Waals surface area contributed by atoms with Gasteiger partial charge >= 0.3 is 0 Å². The third-order valence-electron chi connectivity index (χ3n) is 5.39. The summed E-state index contributed by atoms with van der Waals surface area (Å²) in [5.41, 5.74) is 1.72. The molecule has 2 aromatic rings. The maximum atomic E-state index is 12.8. The van der Waals surface area contributed by atoms with E-state index in [-0.39, 0.29) is 12.5 Å². The number of piperazine rings is 1. The predicted molar refractivity (Wildman–Crippen MR) is 111 cm³/mol. The first kappa shape index (κ1) is 19.3. The third-order valence-corrected chi connectivity index (χ3v) is 5.39. The predicted octanol–water partition coefficient (Wildman–Crippen LogP) is 0.886. The summed E-state index contributed by atoms with van der Waals surface area (Å²) in [4.78, 5) is 27.7. The lowest BCUT2D eigenvalue weighted by atomic mass is 10.1. The van der Waals surface area contributed by atoms with Crippen LogP contribution in [-0.2, 0) is 11.3 Å². The largest absolute Gasteiger partial charge is 0.497 e. The van der Waals surface area contributed by atoms with Crippen molar-refractivity contribution in [2.75, 3.05) is 68.7 Å². The molecule has 1 saturated heterocycles. The number of carbonyl (C=O) groups is 1. The molecule has 0 aliphatic carbocycles. The van der Waals surface area contributed by atoms with E-state index in [1.165, 1.54) is 0 Å². The topological polar surface area (TPSA) is 83.1 Å². The van der Waals surface area contributed by atoms with Gasteiger partial charge in [0.25, 0.3) is 0 Å². The van der Waals surface area contributed by atoms with Crippen molar-refractivity contribution in [3.63, 3.8) is 0 Å². The first-order valence-corrected chi connectivity index (χ1v) is 9.65. The molecule has 29 heavy (non-hydrogen) atoms. The van der Waals surface area contributed by atoms with Gasteiger partial charge in [0.2, 0.25) is 5.91 Å². The lowest BCUT2D eigenvalue weighted by Gasteiger charge is -2.38. The highest BCUT2D eigenvalue weighted by molar-refractivity contribution is 6.05. The van der Waals surface area contributed by atoms with E-state index in [9.17, 15) is 4.79 Å². The van der Waals surface area contributed by atoms with Crippen molar-refractivity contribution in [1.29, 1.82) is 0 Å². The Kier molecular flexibility index (Phi) is 5.39. The van der Waals surface area contributed by atoms with Gasteiger partial charge in [0, 0.05) is 51.4 Å². The molecule has 0 spiro atoms. The minimum atomic E-state index is 0.0103. The lowest BCUT2D eigenvalue weighted by Crippen LogP contribution is -2.47. The average molecular weight is 398 g/mol. The maximum absolute atomic E-state index is 12.8. The molecular weight excluding hydrogens is 372 g/mol. The molecule has 0 atom stereocenters. The highest BCUT2D eigenvalue weighted by Gasteiger charge is 2.33. The first-order chi connectivity index (χ1) is 14.1. The molecule has 3 heterocycles. The standard InChI is InChI=1S/C20H26N6O3/c1-24-17(27)12-26(11-14-4-5-15(28-2)10-16(14)29-3)20-18(24)19(22-13-23-20)25-8-6-21-7-9-25/h4-5,10,13,21H,6-9,11-12H2,1-3H3. The molecule has 1 aromatic heterocycles. The van der Waals surface area contributed by atoms with Gasteiger partial charge in [0.05, 0.1) is 20.8 Å². The summed E-state index contributed by atoms with van der Waals surface area (Å²) < 4.78 is 10.8. The number of fused-ring (bicyclic) bond motifs is 1. The molecule has 9 heteroatoms. The number of benzene rings is 1. The second-order valence-electron chi connectivity index (χ2n) is 7.09. The van der Waals surface area contributed by atoms with E-state index in [1.54, 1.807) is 32.5 Å². The Bertz CT molecular complexity index is 900. The normalized spacial score (nSPS) is 16.7. The van der Waals surface area contributed by atoms with E-state index in [2.05, 4.69) is 20.2 Å². The minimum absolute atomic E-state index is 0.0103. The molecule has 0 unspecified atom stereocenters. The molecule has 1 aromatic carbocycles. The van der Waals surface area contributed by atoms with Crippen molar-refractivity contribution in [3.05, 3.63) is 30.1 Å². The van der Waals surface area contributed by atoms with Crippen molar-refractivity contribution in [1.82, 2.24) is 15.3 Å². The van der Waals surface area contributed by atoms with Crippen molar-refractivity contribution in [2.24, 2.45) is 0 Å². The number of methoxy groups -OCH3 is 2. The molecule has 154 valence electrons. The quantitative estimate of drug-likeness (QED) is 0.795. The summed E-state index contributed by atoms with van der Waals surface area (Å²) in [6.45, 7) is 4.22. The number of amides is 1. The minimum Gasteiger partial charge on any atom is -0.497 e. The van der Waals surface area contributed by atoms with Crippen LogP contribution in [0.1, 0.15) is 5.56 Å². The van der Waals surface area contributed by atoms with Crippen LogP contribution in [0, 0.1) is 0 Å². The summed E-state index contributed by atoms with van der Waals surface area (Å²) >= 11 is 0. The smallest absolute Gasteiger partial charge is 0.246 e. The monoisotopic (exact) mass is 398 g/mol. The zero-order chi connectivity index (χ0) is 20.4. The van der Waals surface area contributed by atoms with Crippen LogP contribution in [0.4, 0.5) is 17.3 Å². The van der Waals surface area contributed by atoms with E-state index in [0.29, 0.717) is 12.3 Å². The van der Waals surface area contributed by atoms with Crippen LogP contribution in [0.2, 0.25) is 0 Å². The summed E-state index contributed by atoms with van der Waals surface area (Å²) in [5, 5.41) is 3.35. The van der Waals surface area contributed by atoms with Crippen molar-refractivity contribution < 1.29 is 14.3 Å². The van der Waals surface area contributed by atoms with Gasteiger partial charge in [-0.2, -0.15) is 0 Å². The van der Waals surface area contributed by atoms with Crippen LogP contribution in [-0.4, -0.2) is 69.9 Å². The number of carbonyl (C=O) groups excluding carboxylic acids is 1. The Morgan fingerprint density at radius 3 is 2.59 bits per heavy atom. The average Bonchev–Trinajstić information content (AvgIpc) is 2.77. The second-order valence-corrected chi connectivity index (χ2v) is 7.09. The van der Waals surface area contributed by atoms with E-state index >= 15 is 0 Å². The molecule has 0 saturated carbocycles. The number of ether oxygens (including phenoxy) is 2. The van der Waals surface area contributed by atoms with Crippen LogP contribution >= 0.6 is 0 Å². The highest BCUT2D eigenvalue weighted by Crippen LogP contribution is 2.39. The van der Waals surface area contributed by atoms with Crippen molar-refractivity contribution >= 4 is 23.2 Å². The van der Waals surface area contributed by atoms with Crippen LogP contribution in [0.3, 0.4) is 0 Å². The number of nitrogens with one attached hydrogen (secondary N) is 1. The van der Waals surface area contributed by atoms with E-state index in [1.807, 2.05) is 23.1 Å². The van der Waals surface area contributed by atoms with Gasteiger partial charge in [-0.05, 0) is 12.1 Å². The fourth-order valence-corrected chi connectivity index (χ4v) is 3.79. The molecule has 2 aliphatic heterocycles. The Balaban J connectivity index is 1.71. The molecule has 2 aliphatic rings. The van der Waals surface area contributed by atoms with Gasteiger partial charge in [-0.3, -0.25) is 4.79 Å². The zero-order valence-electron chi connectivity index (χ0n) is 17.0. The number of hydrogen-bond donors (Lipinski definition) is 1. The number of hydrogen-bond acceptors (Lipinski definition) is 8. The van der Waals surface area contributed by atoms with E-state index in [0.717, 1.165) is 54.8 Å². The number of nitrogens with zero attached hydrogens (tertiary/aromatic N) is 5. The van der Waals surface area contributed by atoms with Crippen LogP contribution in [0.5, 0.6) is 11.5 Å². The molecule has 9 nitrogen and oxygen atoms in total. The number of rotatable bonds is 5. The van der Waals surface area contributed by atoms with Gasteiger partial charge in [0.1, 0.15) is 23.5 Å². The number of anilines is 3. The third kappa shape index (κ3) is 3.65. The molecule has 1 N–H and O–H groups in total. The molecule has 0 radical (unpaired) electrons. The Morgan fingerprint density at radius 2 is 1.86 bits per heavy atom. The molecule has 4 rings (SSSR count). The fourth-order valence-electron chi connectivity index (χ4n) is 3.79. The second kappa shape index (κ2) is 8.12. The van der Waals surface area contributed by atoms with Crippen molar-refractivity contribution in [2.45, 2.75) is 6.54 Å². The highest BCUT2D eigenvalue weighted by atomic mass is 16.5. The van der Waals surface area contributed by atoms with E-state index < -0.39 is 0 Å². The molecular formula is C20H26N6O3. The van der Waals surface area contributed by atoms with Crippen LogP contribution in [0.15, 0.2) is 24.5 Å². The maximum Gasteiger partial charge on any atom is 0.246 e. The molecule has 0 bridgehead atoms. The summed E-state index contributed by atoms with van der Waals surface area (Å²) in [7, 11) is 5.05. The van der Waals surface area contributed by atoms with Crippen molar-refractivity contribution in [3.8, 4) is 11.5 Å². The zero-order valence-corrected chi connectivity index (χ0v) is 17.0. The Morgan fingerprint density at radius 1 is 1.10 bits per heavy atom.